The lowest BCUT2D eigenvalue weighted by molar-refractivity contribution is -0.153. The van der Waals surface area contributed by atoms with E-state index in [4.69, 9.17) is 4.74 Å². The predicted molar refractivity (Wildman–Crippen MR) is 137 cm³/mol. The summed E-state index contributed by atoms with van der Waals surface area (Å²) in [6.07, 6.45) is 20.0. The van der Waals surface area contributed by atoms with E-state index >= 15 is 0 Å². The molecule has 0 spiro atoms. The molecule has 1 aliphatic heterocycles. The van der Waals surface area contributed by atoms with Gasteiger partial charge in [0.05, 0.1) is 0 Å². The first-order valence-corrected chi connectivity index (χ1v) is 13.7. The van der Waals surface area contributed by atoms with Crippen molar-refractivity contribution in [1.29, 1.82) is 0 Å². The number of hydrogen-bond acceptors (Lipinski definition) is 4. The van der Waals surface area contributed by atoms with Crippen LogP contribution in [0.1, 0.15) is 90.5 Å². The fourth-order valence-electron chi connectivity index (χ4n) is 7.77. The van der Waals surface area contributed by atoms with Crippen LogP contribution in [-0.2, 0) is 9.53 Å². The van der Waals surface area contributed by atoms with Crippen LogP contribution in [0.4, 0.5) is 0 Å². The molecular weight excluding hydrogens is 420 g/mol. The van der Waals surface area contributed by atoms with E-state index in [0.717, 1.165) is 56.9 Å². The Bertz CT molecular complexity index is 948. The van der Waals surface area contributed by atoms with Crippen LogP contribution in [-0.4, -0.2) is 29.6 Å². The Labute approximate surface area is 205 Å². The summed E-state index contributed by atoms with van der Waals surface area (Å²) in [7, 11) is 0. The zero-order chi connectivity index (χ0) is 23.8. The largest absolute Gasteiger partial charge is 0.461 e. The van der Waals surface area contributed by atoms with Gasteiger partial charge in [0.1, 0.15) is 12.1 Å². The van der Waals surface area contributed by atoms with Gasteiger partial charge in [-0.25, -0.2) is 0 Å². The van der Waals surface area contributed by atoms with Crippen molar-refractivity contribution in [2.75, 3.05) is 6.54 Å². The molecule has 1 aromatic heterocycles. The van der Waals surface area contributed by atoms with Crippen LogP contribution < -0.4 is 5.32 Å². The Hall–Kier alpha value is -1.94. The van der Waals surface area contributed by atoms with Crippen LogP contribution in [0.15, 0.2) is 42.3 Å². The Balaban J connectivity index is 1.30. The molecule has 1 saturated heterocycles. The van der Waals surface area contributed by atoms with E-state index in [1.807, 2.05) is 12.4 Å². The van der Waals surface area contributed by atoms with Gasteiger partial charge in [0.25, 0.3) is 0 Å². The molecular formula is C30H42N2O2. The second-order valence-electron chi connectivity index (χ2n) is 11.8. The zero-order valence-corrected chi connectivity index (χ0v) is 21.3. The fraction of sp³-hybridized carbons (Fsp3) is 0.667. The van der Waals surface area contributed by atoms with Crippen LogP contribution in [0.25, 0.3) is 5.57 Å². The molecule has 4 heteroatoms. The molecule has 0 amide bonds. The van der Waals surface area contributed by atoms with Gasteiger partial charge in [-0.2, -0.15) is 0 Å². The second-order valence-corrected chi connectivity index (χ2v) is 11.8. The first-order valence-electron chi connectivity index (χ1n) is 13.7. The molecule has 4 aliphatic rings. The monoisotopic (exact) mass is 462 g/mol. The highest BCUT2D eigenvalue weighted by Gasteiger charge is 2.51. The molecule has 2 unspecified atom stereocenters. The van der Waals surface area contributed by atoms with E-state index in [9.17, 15) is 4.79 Å². The highest BCUT2D eigenvalue weighted by atomic mass is 16.5. The predicted octanol–water partition coefficient (Wildman–Crippen LogP) is 6.48. The molecule has 2 heterocycles. The standard InChI is InChI=1S/C30H42N2O2/c1-4-7-25(22-8-5-16-31-20-22)29(2)14-13-26-21(19-29)10-11-23-18-24(12-15-30(23,26)3)34-28(33)27-9-6-17-32-27/h5,7-8,11,16,20-21,24,26-27,32H,4,6,9-10,12-15,17-19H2,1-3H3/b25-7-/t21?,24-,26?,27-,29-,30-/m0/s1. The summed E-state index contributed by atoms with van der Waals surface area (Å²) in [5, 5.41) is 3.29. The van der Waals surface area contributed by atoms with E-state index in [2.05, 4.69) is 55.4 Å². The zero-order valence-electron chi connectivity index (χ0n) is 21.3. The van der Waals surface area contributed by atoms with Gasteiger partial charge in [0.15, 0.2) is 0 Å². The van der Waals surface area contributed by atoms with Gasteiger partial charge in [0, 0.05) is 18.8 Å². The minimum atomic E-state index is -0.0840. The minimum Gasteiger partial charge on any atom is -0.461 e. The number of carbonyl (C=O) groups excluding carboxylic acids is 1. The van der Waals surface area contributed by atoms with Crippen LogP contribution >= 0.6 is 0 Å². The molecule has 2 saturated carbocycles. The van der Waals surface area contributed by atoms with Gasteiger partial charge >= 0.3 is 5.97 Å². The van der Waals surface area contributed by atoms with E-state index in [1.165, 1.54) is 36.8 Å². The van der Waals surface area contributed by atoms with E-state index < -0.39 is 0 Å². The number of pyridine rings is 1. The van der Waals surface area contributed by atoms with Crippen molar-refractivity contribution >= 4 is 11.5 Å². The molecule has 3 aliphatic carbocycles. The van der Waals surface area contributed by atoms with Crippen molar-refractivity contribution in [3.63, 3.8) is 0 Å². The lowest BCUT2D eigenvalue weighted by atomic mass is 9.49. The fourth-order valence-corrected chi connectivity index (χ4v) is 7.77. The Morgan fingerprint density at radius 3 is 2.88 bits per heavy atom. The number of carbonyl (C=O) groups is 1. The summed E-state index contributed by atoms with van der Waals surface area (Å²) in [5.74, 6) is 1.44. The number of rotatable bonds is 5. The quantitative estimate of drug-likeness (QED) is 0.402. The van der Waals surface area contributed by atoms with Crippen LogP contribution in [0.3, 0.4) is 0 Å². The van der Waals surface area contributed by atoms with Crippen LogP contribution in [0, 0.1) is 22.7 Å². The van der Waals surface area contributed by atoms with Crippen molar-refractivity contribution in [2.45, 2.75) is 97.1 Å². The van der Waals surface area contributed by atoms with Gasteiger partial charge in [-0.1, -0.05) is 44.6 Å². The average Bonchev–Trinajstić information content (AvgIpc) is 3.38. The maximum atomic E-state index is 12.6. The minimum absolute atomic E-state index is 0.0283. The number of nitrogens with one attached hydrogen (secondary N) is 1. The molecule has 184 valence electrons. The highest BCUT2D eigenvalue weighted by molar-refractivity contribution is 5.76. The molecule has 1 aromatic rings. The Morgan fingerprint density at radius 1 is 1.26 bits per heavy atom. The number of fused-ring (bicyclic) bond motifs is 3. The number of aromatic nitrogens is 1. The van der Waals surface area contributed by atoms with Crippen molar-refractivity contribution < 1.29 is 9.53 Å². The van der Waals surface area contributed by atoms with Crippen LogP contribution in [0.2, 0.25) is 0 Å². The first kappa shape index (κ1) is 23.8. The summed E-state index contributed by atoms with van der Waals surface area (Å²) in [6, 6.07) is 4.22. The SMILES string of the molecule is CC/C=C(/c1cccnc1)[C@@]1(C)CCC2C(CC=C3C[C@@H](OC(=O)[C@@H]4CCCN4)CC[C@@]32C)C1. The Morgan fingerprint density at radius 2 is 2.15 bits per heavy atom. The lowest BCUT2D eigenvalue weighted by Gasteiger charge is -2.55. The van der Waals surface area contributed by atoms with E-state index in [-0.39, 0.29) is 28.9 Å². The summed E-state index contributed by atoms with van der Waals surface area (Å²) in [5.41, 5.74) is 4.84. The van der Waals surface area contributed by atoms with Gasteiger partial charge in [-0.15, -0.1) is 0 Å². The second kappa shape index (κ2) is 9.60. The maximum Gasteiger partial charge on any atom is 0.323 e. The van der Waals surface area contributed by atoms with E-state index in [0.29, 0.717) is 0 Å². The number of esters is 1. The third kappa shape index (κ3) is 4.39. The van der Waals surface area contributed by atoms with Gasteiger partial charge < -0.3 is 10.1 Å². The van der Waals surface area contributed by atoms with Crippen LogP contribution in [0.5, 0.6) is 0 Å². The third-order valence-corrected chi connectivity index (χ3v) is 9.60. The molecule has 0 aromatic carbocycles. The van der Waals surface area contributed by atoms with E-state index in [1.54, 1.807) is 5.57 Å². The maximum absolute atomic E-state index is 12.6. The van der Waals surface area contributed by atoms with Crippen molar-refractivity contribution in [3.05, 3.63) is 47.8 Å². The smallest absolute Gasteiger partial charge is 0.323 e. The average molecular weight is 463 g/mol. The molecule has 6 atom stereocenters. The molecule has 5 rings (SSSR count). The summed E-state index contributed by atoms with van der Waals surface area (Å²) < 4.78 is 5.99. The van der Waals surface area contributed by atoms with Crippen molar-refractivity contribution in [3.8, 4) is 0 Å². The number of nitrogens with zero attached hydrogens (tertiary/aromatic N) is 1. The van der Waals surface area contributed by atoms with Gasteiger partial charge in [-0.3, -0.25) is 9.78 Å². The Kier molecular flexibility index (Phi) is 6.72. The molecule has 3 fully saturated rings. The topological polar surface area (TPSA) is 51.2 Å². The molecule has 0 radical (unpaired) electrons. The molecule has 0 bridgehead atoms. The molecule has 4 nitrogen and oxygen atoms in total. The van der Waals surface area contributed by atoms with Gasteiger partial charge in [-0.05, 0) is 104 Å². The molecule has 1 N–H and O–H groups in total. The van der Waals surface area contributed by atoms with Crippen molar-refractivity contribution in [2.24, 2.45) is 22.7 Å². The normalized spacial score (nSPS) is 38.0. The number of hydrogen-bond donors (Lipinski definition) is 1. The number of ether oxygens (including phenoxy) is 1. The summed E-state index contributed by atoms with van der Waals surface area (Å²) >= 11 is 0. The van der Waals surface area contributed by atoms with Gasteiger partial charge in [0.2, 0.25) is 0 Å². The third-order valence-electron chi connectivity index (χ3n) is 9.60. The summed E-state index contributed by atoms with van der Waals surface area (Å²) in [6.45, 7) is 8.19. The number of allylic oxidation sites excluding steroid dienone is 3. The lowest BCUT2D eigenvalue weighted by Crippen LogP contribution is -2.47. The summed E-state index contributed by atoms with van der Waals surface area (Å²) in [4.78, 5) is 17.0. The first-order chi connectivity index (χ1) is 16.4. The molecule has 34 heavy (non-hydrogen) atoms. The van der Waals surface area contributed by atoms with Crippen molar-refractivity contribution in [1.82, 2.24) is 10.3 Å². The highest BCUT2D eigenvalue weighted by Crippen LogP contribution is 2.61.